The number of nitrogens with one attached hydrogen (secondary N) is 1. The van der Waals surface area contributed by atoms with Crippen molar-refractivity contribution in [1.29, 1.82) is 0 Å². The van der Waals surface area contributed by atoms with Crippen LogP contribution in [-0.2, 0) is 4.79 Å². The van der Waals surface area contributed by atoms with Crippen LogP contribution < -0.4 is 5.32 Å². The van der Waals surface area contributed by atoms with E-state index in [-0.39, 0.29) is 11.8 Å². The van der Waals surface area contributed by atoms with E-state index in [4.69, 9.17) is 0 Å². The molecular weight excluding hydrogens is 352 g/mol. The molecule has 0 fully saturated rings. The topological polar surface area (TPSA) is 42.0 Å². The maximum atomic E-state index is 12.8. The van der Waals surface area contributed by atoms with Crippen LogP contribution in [0.1, 0.15) is 29.0 Å². The third-order valence-corrected chi connectivity index (χ3v) is 5.60. The summed E-state index contributed by atoms with van der Waals surface area (Å²) in [6.45, 7) is 2.04. The first-order valence-corrected chi connectivity index (χ1v) is 9.78. The number of benzene rings is 3. The summed E-state index contributed by atoms with van der Waals surface area (Å²) in [4.78, 5) is 17.4. The van der Waals surface area contributed by atoms with Gasteiger partial charge in [0.1, 0.15) is 0 Å². The van der Waals surface area contributed by atoms with E-state index in [1.165, 1.54) is 11.3 Å². The van der Waals surface area contributed by atoms with Gasteiger partial charge in [-0.3, -0.25) is 4.79 Å². The zero-order valence-electron chi connectivity index (χ0n) is 15.1. The smallest absolute Gasteiger partial charge is 0.227 e. The first-order chi connectivity index (χ1) is 13.2. The van der Waals surface area contributed by atoms with Crippen molar-refractivity contribution in [2.75, 3.05) is 5.32 Å². The van der Waals surface area contributed by atoms with E-state index in [9.17, 15) is 4.79 Å². The van der Waals surface area contributed by atoms with Crippen molar-refractivity contribution in [2.24, 2.45) is 0 Å². The molecule has 0 bridgehead atoms. The minimum atomic E-state index is -0.0237. The van der Waals surface area contributed by atoms with Crippen molar-refractivity contribution in [3.8, 4) is 0 Å². The number of aromatic nitrogens is 1. The van der Waals surface area contributed by atoms with Crippen molar-refractivity contribution < 1.29 is 4.79 Å². The molecule has 1 N–H and O–H groups in total. The Morgan fingerprint density at radius 2 is 1.56 bits per heavy atom. The molecule has 0 aliphatic heterocycles. The van der Waals surface area contributed by atoms with Gasteiger partial charge in [-0.1, -0.05) is 84.1 Å². The van der Waals surface area contributed by atoms with Gasteiger partial charge in [0, 0.05) is 12.3 Å². The van der Waals surface area contributed by atoms with Gasteiger partial charge in [-0.05, 0) is 29.7 Å². The molecule has 4 aromatic rings. The lowest BCUT2D eigenvalue weighted by atomic mass is 9.88. The minimum absolute atomic E-state index is 0.0171. The molecule has 1 aromatic heterocycles. The predicted octanol–water partition coefficient (Wildman–Crippen LogP) is 5.77. The fourth-order valence-corrected chi connectivity index (χ4v) is 4.25. The number of hydrogen-bond acceptors (Lipinski definition) is 3. The van der Waals surface area contributed by atoms with Gasteiger partial charge in [0.25, 0.3) is 0 Å². The number of para-hydroxylation sites is 1. The molecule has 0 unspecified atom stereocenters. The van der Waals surface area contributed by atoms with Gasteiger partial charge >= 0.3 is 0 Å². The molecule has 1 amide bonds. The van der Waals surface area contributed by atoms with Gasteiger partial charge in [0.2, 0.25) is 5.91 Å². The van der Waals surface area contributed by atoms with Crippen LogP contribution in [-0.4, -0.2) is 10.9 Å². The number of nitrogens with zero attached hydrogens (tertiary/aromatic N) is 1. The maximum Gasteiger partial charge on any atom is 0.227 e. The highest BCUT2D eigenvalue weighted by molar-refractivity contribution is 7.22. The Balaban J connectivity index is 1.57. The molecule has 0 saturated carbocycles. The second-order valence-corrected chi connectivity index (χ2v) is 7.60. The zero-order chi connectivity index (χ0) is 18.6. The summed E-state index contributed by atoms with van der Waals surface area (Å²) in [6, 6.07) is 26.4. The molecule has 3 aromatic carbocycles. The number of hydrogen-bond donors (Lipinski definition) is 1. The van der Waals surface area contributed by atoms with E-state index in [2.05, 4.69) is 34.6 Å². The van der Waals surface area contributed by atoms with E-state index in [0.29, 0.717) is 11.6 Å². The first kappa shape index (κ1) is 17.4. The molecule has 27 heavy (non-hydrogen) atoms. The lowest BCUT2D eigenvalue weighted by Crippen LogP contribution is -2.16. The Hall–Kier alpha value is -2.98. The zero-order valence-corrected chi connectivity index (χ0v) is 15.9. The molecular formula is C23H20N2OS. The van der Waals surface area contributed by atoms with Crippen molar-refractivity contribution >= 4 is 32.6 Å². The number of fused-ring (bicyclic) bond motifs is 1. The Labute approximate surface area is 162 Å². The van der Waals surface area contributed by atoms with Gasteiger partial charge in [-0.15, -0.1) is 0 Å². The van der Waals surface area contributed by atoms with Crippen LogP contribution in [0.2, 0.25) is 0 Å². The highest BCUT2D eigenvalue weighted by Gasteiger charge is 2.19. The maximum absolute atomic E-state index is 12.8. The minimum Gasteiger partial charge on any atom is -0.302 e. The molecule has 1 heterocycles. The summed E-state index contributed by atoms with van der Waals surface area (Å²) in [5.74, 6) is -0.00655. The molecule has 4 rings (SSSR count). The van der Waals surface area contributed by atoms with Gasteiger partial charge in [0.05, 0.1) is 10.2 Å². The summed E-state index contributed by atoms with van der Waals surface area (Å²) >= 11 is 1.52. The van der Waals surface area contributed by atoms with E-state index in [0.717, 1.165) is 26.9 Å². The van der Waals surface area contributed by atoms with Gasteiger partial charge in [-0.25, -0.2) is 4.98 Å². The summed E-state index contributed by atoms with van der Waals surface area (Å²) < 4.78 is 1.09. The first-order valence-electron chi connectivity index (χ1n) is 8.96. The van der Waals surface area contributed by atoms with Crippen molar-refractivity contribution in [3.05, 3.63) is 95.6 Å². The molecule has 3 nitrogen and oxygen atoms in total. The molecule has 0 saturated heterocycles. The van der Waals surface area contributed by atoms with Crippen LogP contribution in [0.4, 0.5) is 5.13 Å². The lowest BCUT2D eigenvalue weighted by Gasteiger charge is -2.17. The number of thiazole rings is 1. The summed E-state index contributed by atoms with van der Waals surface area (Å²) in [5, 5.41) is 3.65. The Bertz CT molecular complexity index is 1020. The molecule has 0 spiro atoms. The van der Waals surface area contributed by atoms with Crippen molar-refractivity contribution in [3.63, 3.8) is 0 Å². The number of carbonyl (C=O) groups is 1. The molecule has 134 valence electrons. The van der Waals surface area contributed by atoms with E-state index >= 15 is 0 Å². The van der Waals surface area contributed by atoms with E-state index < -0.39 is 0 Å². The van der Waals surface area contributed by atoms with Crippen LogP contribution in [0, 0.1) is 6.92 Å². The Morgan fingerprint density at radius 3 is 2.15 bits per heavy atom. The lowest BCUT2D eigenvalue weighted by molar-refractivity contribution is -0.116. The van der Waals surface area contributed by atoms with E-state index in [1.807, 2.05) is 61.5 Å². The highest BCUT2D eigenvalue weighted by atomic mass is 32.1. The molecule has 0 aliphatic carbocycles. The average Bonchev–Trinajstić information content (AvgIpc) is 3.11. The number of carbonyl (C=O) groups excluding carboxylic acids is 1. The van der Waals surface area contributed by atoms with Gasteiger partial charge in [0.15, 0.2) is 5.13 Å². The van der Waals surface area contributed by atoms with E-state index in [1.54, 1.807) is 0 Å². The molecule has 0 radical (unpaired) electrons. The van der Waals surface area contributed by atoms with Crippen molar-refractivity contribution in [2.45, 2.75) is 19.3 Å². The monoisotopic (exact) mass is 372 g/mol. The number of rotatable bonds is 5. The number of anilines is 1. The number of amides is 1. The average molecular weight is 372 g/mol. The SMILES string of the molecule is Cc1cccc2sc(NC(=O)CC(c3ccccc3)c3ccccc3)nc12. The van der Waals surface area contributed by atoms with Crippen LogP contribution in [0.5, 0.6) is 0 Å². The standard InChI is InChI=1S/C23H20N2OS/c1-16-9-8-14-20-22(16)25-23(27-20)24-21(26)15-19(17-10-4-2-5-11-17)18-12-6-3-7-13-18/h2-14,19H,15H2,1H3,(H,24,25,26). The second kappa shape index (κ2) is 7.72. The highest BCUT2D eigenvalue weighted by Crippen LogP contribution is 2.30. The largest absolute Gasteiger partial charge is 0.302 e. The third-order valence-electron chi connectivity index (χ3n) is 4.66. The van der Waals surface area contributed by atoms with Crippen LogP contribution in [0.25, 0.3) is 10.2 Å². The third kappa shape index (κ3) is 3.91. The molecule has 0 atom stereocenters. The predicted molar refractivity (Wildman–Crippen MR) is 112 cm³/mol. The molecule has 0 aliphatic rings. The Morgan fingerprint density at radius 1 is 0.926 bits per heavy atom. The summed E-state index contributed by atoms with van der Waals surface area (Å²) in [5.41, 5.74) is 4.36. The second-order valence-electron chi connectivity index (χ2n) is 6.57. The van der Waals surface area contributed by atoms with Gasteiger partial charge < -0.3 is 5.32 Å². The van der Waals surface area contributed by atoms with Crippen LogP contribution >= 0.6 is 11.3 Å². The van der Waals surface area contributed by atoms with Crippen LogP contribution in [0.15, 0.2) is 78.9 Å². The fourth-order valence-electron chi connectivity index (χ4n) is 3.29. The Kier molecular flexibility index (Phi) is 4.99. The fraction of sp³-hybridized carbons (Fsp3) is 0.130. The summed E-state index contributed by atoms with van der Waals surface area (Å²) in [6.07, 6.45) is 0.378. The molecule has 4 heteroatoms. The van der Waals surface area contributed by atoms with Crippen LogP contribution in [0.3, 0.4) is 0 Å². The summed E-state index contributed by atoms with van der Waals surface area (Å²) in [7, 11) is 0. The van der Waals surface area contributed by atoms with Crippen molar-refractivity contribution in [1.82, 2.24) is 4.98 Å². The van der Waals surface area contributed by atoms with Gasteiger partial charge in [-0.2, -0.15) is 0 Å². The normalized spacial score (nSPS) is 11.0. The quantitative estimate of drug-likeness (QED) is 0.483. The number of aryl methyl sites for hydroxylation is 1.